The van der Waals surface area contributed by atoms with Crippen LogP contribution in [-0.2, 0) is 37.9 Å². The van der Waals surface area contributed by atoms with Gasteiger partial charge in [0.2, 0.25) is 0 Å². The third kappa shape index (κ3) is 34.9. The fourth-order valence-electron chi connectivity index (χ4n) is 1.29. The molecule has 204 valence electrons. The van der Waals surface area contributed by atoms with Gasteiger partial charge in [-0.25, -0.2) is 14.2 Å². The number of phosphoric acid groups is 1. The van der Waals surface area contributed by atoms with Crippen molar-refractivity contribution >= 4 is 49.8 Å². The number of aliphatic hydroxyl groups is 1. The highest BCUT2D eigenvalue weighted by Crippen LogP contribution is 2.36. The van der Waals surface area contributed by atoms with Gasteiger partial charge in [-0.05, 0) is 6.42 Å². The van der Waals surface area contributed by atoms with E-state index in [-0.39, 0.29) is 6.42 Å². The van der Waals surface area contributed by atoms with E-state index in [4.69, 9.17) is 66.0 Å². The molecule has 0 aliphatic heterocycles. The molecule has 0 amide bonds. The normalized spacial score (nSPS) is 10.8. The monoisotopic (exact) mass is 541 g/mol. The average molecular weight is 541 g/mol. The molecule has 0 aromatic rings. The largest absolute Gasteiger partial charge is 0.526 e. The van der Waals surface area contributed by atoms with Crippen molar-refractivity contribution in [1.82, 2.24) is 0 Å². The van der Waals surface area contributed by atoms with Gasteiger partial charge in [0.25, 0.3) is 5.97 Å². The molecule has 0 rings (SSSR count). The lowest BCUT2D eigenvalue weighted by molar-refractivity contribution is -0.170. The van der Waals surface area contributed by atoms with Gasteiger partial charge < -0.3 is 51.1 Å². The number of carboxylic acid groups (broad SMARTS) is 7. The van der Waals surface area contributed by atoms with Gasteiger partial charge in [0, 0.05) is 13.3 Å². The number of rotatable bonds is 10. The summed E-state index contributed by atoms with van der Waals surface area (Å²) in [6, 6.07) is -1.25. The zero-order valence-electron chi connectivity index (χ0n) is 17.6. The van der Waals surface area contributed by atoms with Crippen molar-refractivity contribution in [3.05, 3.63) is 0 Å². The lowest BCUT2D eigenvalue weighted by Gasteiger charge is -2.18. The molecular weight excluding hydrogens is 517 g/mol. The minimum absolute atomic E-state index is 0.242. The summed E-state index contributed by atoms with van der Waals surface area (Å²) in [6.07, 6.45) is -4.82. The van der Waals surface area contributed by atoms with Crippen molar-refractivity contribution in [1.29, 1.82) is 0 Å². The molecule has 0 aromatic carbocycles. The van der Waals surface area contributed by atoms with Crippen molar-refractivity contribution in [2.45, 2.75) is 44.2 Å². The molecule has 0 spiro atoms. The number of carbonyl (C=O) groups excluding carboxylic acids is 1. The van der Waals surface area contributed by atoms with Gasteiger partial charge in [-0.3, -0.25) is 33.8 Å². The second-order valence-corrected chi connectivity index (χ2v) is 6.88. The molecule has 0 aliphatic rings. The molecule has 0 heterocycles. The van der Waals surface area contributed by atoms with E-state index in [9.17, 15) is 28.5 Å². The van der Waals surface area contributed by atoms with Crippen LogP contribution in [0.15, 0.2) is 0 Å². The Bertz CT molecular complexity index is 765. The number of phosphoric ester groups is 1. The Morgan fingerprint density at radius 1 is 0.857 bits per heavy atom. The van der Waals surface area contributed by atoms with E-state index in [1.165, 1.54) is 0 Å². The van der Waals surface area contributed by atoms with E-state index in [1.807, 2.05) is 0 Å². The summed E-state index contributed by atoms with van der Waals surface area (Å²) in [7, 11) is -4.84. The van der Waals surface area contributed by atoms with Gasteiger partial charge in [-0.15, -0.1) is 0 Å². The maximum absolute atomic E-state index is 10.6. The Kier molecular flexibility index (Phi) is 20.4. The topological polar surface area (TPSA) is 374 Å². The first kappa shape index (κ1) is 38.4. The molecule has 35 heavy (non-hydrogen) atoms. The zero-order chi connectivity index (χ0) is 29.2. The summed E-state index contributed by atoms with van der Waals surface area (Å²) < 4.78 is 13.8. The number of hydrogen-bond donors (Lipinski definition) is 11. The van der Waals surface area contributed by atoms with Crippen LogP contribution in [0.1, 0.15) is 32.6 Å². The Morgan fingerprint density at radius 2 is 1.17 bits per heavy atom. The molecule has 0 saturated heterocycles. The maximum Gasteiger partial charge on any atom is 0.526 e. The first-order valence-corrected chi connectivity index (χ1v) is 9.77. The van der Waals surface area contributed by atoms with Crippen LogP contribution in [-0.4, -0.2) is 104 Å². The van der Waals surface area contributed by atoms with E-state index in [0.29, 0.717) is 0 Å². The Hall–Kier alpha value is -3.84. The van der Waals surface area contributed by atoms with Crippen molar-refractivity contribution in [2.75, 3.05) is 0 Å². The standard InChI is InChI=1S/C6H8O7.C5H10NO7P.C2H4O2.CH2O3/c7-3(8)1-6(13,5(11)12)2-4(9)10;6-3(5(8)9)1-2-4(7)13-14(10,11)12;1-2(3)4;2-1(3)4/h13H,1-2H2,(H,7,8)(H,9,10)(H,11,12);3H,1-2,6H2,(H,8,9)(H2,10,11,12);1H3,(H,3,4);(H2,2,3,4)/t;3-;;/m.0../s1. The first-order valence-electron chi connectivity index (χ1n) is 8.24. The second kappa shape index (κ2) is 18.6. The van der Waals surface area contributed by atoms with Gasteiger partial charge >= 0.3 is 43.8 Å². The van der Waals surface area contributed by atoms with E-state index in [1.54, 1.807) is 0 Å². The van der Waals surface area contributed by atoms with Crippen LogP contribution in [0.5, 0.6) is 0 Å². The average Bonchev–Trinajstić information content (AvgIpc) is 2.56. The number of hydrogen-bond acceptors (Lipinski definition) is 11. The summed E-state index contributed by atoms with van der Waals surface area (Å²) in [4.78, 5) is 85.2. The summed E-state index contributed by atoms with van der Waals surface area (Å²) in [5.41, 5.74) is 2.29. The Morgan fingerprint density at radius 3 is 1.37 bits per heavy atom. The predicted molar refractivity (Wildman–Crippen MR) is 104 cm³/mol. The van der Waals surface area contributed by atoms with Gasteiger partial charge in [-0.2, -0.15) is 0 Å². The van der Waals surface area contributed by atoms with Crippen LogP contribution >= 0.6 is 7.82 Å². The Balaban J connectivity index is -0.000000210. The molecule has 12 N–H and O–H groups in total. The highest BCUT2D eigenvalue weighted by atomic mass is 31.2. The molecule has 0 aliphatic carbocycles. The first-order chi connectivity index (χ1) is 15.5. The summed E-state index contributed by atoms with van der Waals surface area (Å²) in [5, 5.41) is 63.5. The minimum atomic E-state index is -4.84. The molecule has 1 atom stereocenters. The molecule has 21 heteroatoms. The molecule has 0 unspecified atom stereocenters. The van der Waals surface area contributed by atoms with Gasteiger partial charge in [0.15, 0.2) is 5.60 Å². The number of nitrogens with two attached hydrogens (primary N) is 1. The number of carbonyl (C=O) groups is 7. The summed E-state index contributed by atoms with van der Waals surface area (Å²) in [6.45, 7) is 1.08. The van der Waals surface area contributed by atoms with Crippen LogP contribution in [0.25, 0.3) is 0 Å². The molecule has 20 nitrogen and oxygen atoms in total. The minimum Gasteiger partial charge on any atom is -0.481 e. The third-order valence-electron chi connectivity index (χ3n) is 2.48. The fourth-order valence-corrected chi connectivity index (χ4v) is 1.65. The van der Waals surface area contributed by atoms with Crippen molar-refractivity contribution < 1.29 is 93.3 Å². The third-order valence-corrected chi connectivity index (χ3v) is 2.92. The number of carboxylic acids is 5. The van der Waals surface area contributed by atoms with Crippen LogP contribution in [0.2, 0.25) is 0 Å². The van der Waals surface area contributed by atoms with E-state index >= 15 is 0 Å². The SMILES string of the molecule is CC(=O)O.N[C@@H](CCC(=O)OP(=O)(O)O)C(=O)O.O=C(O)CC(O)(CC(=O)O)C(=O)O.O=C(O)O. The van der Waals surface area contributed by atoms with Crippen molar-refractivity contribution in [3.63, 3.8) is 0 Å². The summed E-state index contributed by atoms with van der Waals surface area (Å²) >= 11 is 0. The van der Waals surface area contributed by atoms with Gasteiger partial charge in [0.05, 0.1) is 12.8 Å². The van der Waals surface area contributed by atoms with Crippen molar-refractivity contribution in [2.24, 2.45) is 5.73 Å². The van der Waals surface area contributed by atoms with Crippen molar-refractivity contribution in [3.8, 4) is 0 Å². The summed E-state index contributed by atoms with van der Waals surface area (Å²) in [5.74, 6) is -8.33. The van der Waals surface area contributed by atoms with Crippen LogP contribution in [0.3, 0.4) is 0 Å². The molecule has 0 fully saturated rings. The molecule has 0 bridgehead atoms. The van der Waals surface area contributed by atoms with E-state index in [2.05, 4.69) is 4.52 Å². The van der Waals surface area contributed by atoms with Crippen LogP contribution < -0.4 is 5.73 Å². The molecule has 0 aromatic heterocycles. The molecule has 0 saturated carbocycles. The number of aliphatic carboxylic acids is 5. The molecular formula is C14H24NO19P. The smallest absolute Gasteiger partial charge is 0.481 e. The maximum atomic E-state index is 10.6. The van der Waals surface area contributed by atoms with Gasteiger partial charge in [0.1, 0.15) is 6.04 Å². The quantitative estimate of drug-likeness (QED) is 0.132. The fraction of sp³-hybridized carbons (Fsp3) is 0.500. The highest BCUT2D eigenvalue weighted by molar-refractivity contribution is 7.46. The predicted octanol–water partition coefficient (Wildman–Crippen LogP) is -2.12. The lowest BCUT2D eigenvalue weighted by atomic mass is 9.96. The van der Waals surface area contributed by atoms with Gasteiger partial charge in [-0.1, -0.05) is 0 Å². The molecule has 0 radical (unpaired) electrons. The zero-order valence-corrected chi connectivity index (χ0v) is 18.5. The van der Waals surface area contributed by atoms with Crippen LogP contribution in [0.4, 0.5) is 4.79 Å². The highest BCUT2D eigenvalue weighted by Gasteiger charge is 2.40. The van der Waals surface area contributed by atoms with E-state index in [0.717, 1.165) is 6.92 Å². The lowest BCUT2D eigenvalue weighted by Crippen LogP contribution is -2.42. The van der Waals surface area contributed by atoms with Crippen LogP contribution in [0, 0.1) is 0 Å². The Labute approximate surface area is 194 Å². The second-order valence-electron chi connectivity index (χ2n) is 5.72. The van der Waals surface area contributed by atoms with E-state index < -0.39 is 80.7 Å².